The summed E-state index contributed by atoms with van der Waals surface area (Å²) in [6, 6.07) is 14.5. The lowest BCUT2D eigenvalue weighted by molar-refractivity contribution is 0.834. The fraction of sp³-hybridized carbons (Fsp3) is 0.133. The Bertz CT molecular complexity index is 683. The number of hydrogen-bond donors (Lipinski definition) is 1. The molecule has 0 atom stereocenters. The topological polar surface area (TPSA) is 43.8 Å². The van der Waals surface area contributed by atoms with E-state index in [1.165, 1.54) is 10.4 Å². The Labute approximate surface area is 116 Å². The number of nitrogens with zero attached hydrogens (tertiary/aromatic N) is 2. The van der Waals surface area contributed by atoms with Crippen molar-refractivity contribution < 1.29 is 0 Å². The molecule has 2 aromatic heterocycles. The SMILES string of the molecule is Cc1ccccc1-n1nc(CN)cc1-c1cccs1. The van der Waals surface area contributed by atoms with Gasteiger partial charge in [-0.1, -0.05) is 24.3 Å². The van der Waals surface area contributed by atoms with E-state index in [-0.39, 0.29) is 0 Å². The first-order valence-electron chi connectivity index (χ1n) is 6.18. The van der Waals surface area contributed by atoms with Gasteiger partial charge < -0.3 is 5.73 Å². The maximum Gasteiger partial charge on any atom is 0.0844 e. The van der Waals surface area contributed by atoms with E-state index in [1.54, 1.807) is 11.3 Å². The van der Waals surface area contributed by atoms with Crippen LogP contribution in [0, 0.1) is 6.92 Å². The van der Waals surface area contributed by atoms with Crippen LogP contribution < -0.4 is 5.73 Å². The van der Waals surface area contributed by atoms with Gasteiger partial charge in [-0.15, -0.1) is 11.3 Å². The van der Waals surface area contributed by atoms with Crippen LogP contribution in [0.4, 0.5) is 0 Å². The molecule has 0 amide bonds. The van der Waals surface area contributed by atoms with Crippen molar-refractivity contribution in [2.45, 2.75) is 13.5 Å². The predicted molar refractivity (Wildman–Crippen MR) is 79.5 cm³/mol. The minimum absolute atomic E-state index is 0.456. The van der Waals surface area contributed by atoms with Gasteiger partial charge in [0, 0.05) is 6.54 Å². The van der Waals surface area contributed by atoms with Gasteiger partial charge in [0.2, 0.25) is 0 Å². The minimum atomic E-state index is 0.456. The molecule has 4 heteroatoms. The lowest BCUT2D eigenvalue weighted by atomic mass is 10.2. The molecule has 2 heterocycles. The summed E-state index contributed by atoms with van der Waals surface area (Å²) in [5, 5.41) is 6.69. The largest absolute Gasteiger partial charge is 0.325 e. The first kappa shape index (κ1) is 12.1. The lowest BCUT2D eigenvalue weighted by Crippen LogP contribution is -2.03. The standard InChI is InChI=1S/C15H15N3S/c1-11-5-2-3-6-13(11)18-14(9-12(10-16)17-18)15-7-4-8-19-15/h2-9H,10,16H2,1H3. The highest BCUT2D eigenvalue weighted by Gasteiger charge is 2.12. The van der Waals surface area contributed by atoms with E-state index in [1.807, 2.05) is 16.8 Å². The fourth-order valence-corrected chi connectivity index (χ4v) is 2.84. The van der Waals surface area contributed by atoms with E-state index in [9.17, 15) is 0 Å². The molecule has 0 spiro atoms. The second-order valence-electron chi connectivity index (χ2n) is 4.40. The summed E-state index contributed by atoms with van der Waals surface area (Å²) in [7, 11) is 0. The van der Waals surface area contributed by atoms with Gasteiger partial charge >= 0.3 is 0 Å². The quantitative estimate of drug-likeness (QED) is 0.792. The van der Waals surface area contributed by atoms with Crippen LogP contribution in [-0.4, -0.2) is 9.78 Å². The van der Waals surface area contributed by atoms with E-state index in [0.29, 0.717) is 6.54 Å². The minimum Gasteiger partial charge on any atom is -0.325 e. The van der Waals surface area contributed by atoms with Crippen LogP contribution in [0.2, 0.25) is 0 Å². The van der Waals surface area contributed by atoms with Crippen molar-refractivity contribution in [3.05, 3.63) is 59.1 Å². The summed E-state index contributed by atoms with van der Waals surface area (Å²) in [6.07, 6.45) is 0. The highest BCUT2D eigenvalue weighted by Crippen LogP contribution is 2.28. The Balaban J connectivity index is 2.21. The molecule has 3 rings (SSSR count). The molecule has 1 aromatic carbocycles. The average molecular weight is 269 g/mol. The van der Waals surface area contributed by atoms with Crippen molar-refractivity contribution in [1.29, 1.82) is 0 Å². The number of rotatable bonds is 3. The molecular weight excluding hydrogens is 254 g/mol. The maximum atomic E-state index is 5.73. The third-order valence-corrected chi connectivity index (χ3v) is 3.98. The van der Waals surface area contributed by atoms with Crippen LogP contribution in [0.3, 0.4) is 0 Å². The summed E-state index contributed by atoms with van der Waals surface area (Å²) in [5.41, 5.74) is 10.0. The van der Waals surface area contributed by atoms with E-state index in [0.717, 1.165) is 17.1 Å². The Morgan fingerprint density at radius 1 is 1.21 bits per heavy atom. The van der Waals surface area contributed by atoms with Gasteiger partial charge in [-0.2, -0.15) is 5.10 Å². The van der Waals surface area contributed by atoms with Crippen molar-refractivity contribution in [2.75, 3.05) is 0 Å². The summed E-state index contributed by atoms with van der Waals surface area (Å²) < 4.78 is 1.99. The van der Waals surface area contributed by atoms with Crippen molar-refractivity contribution in [2.24, 2.45) is 5.73 Å². The molecule has 3 aromatic rings. The molecule has 0 saturated carbocycles. The van der Waals surface area contributed by atoms with E-state index < -0.39 is 0 Å². The third kappa shape index (κ3) is 2.20. The Morgan fingerprint density at radius 2 is 2.05 bits per heavy atom. The van der Waals surface area contributed by atoms with E-state index in [4.69, 9.17) is 5.73 Å². The highest BCUT2D eigenvalue weighted by molar-refractivity contribution is 7.13. The second-order valence-corrected chi connectivity index (χ2v) is 5.35. The molecule has 0 bridgehead atoms. The molecule has 3 nitrogen and oxygen atoms in total. The van der Waals surface area contributed by atoms with Crippen molar-refractivity contribution in [3.8, 4) is 16.3 Å². The lowest BCUT2D eigenvalue weighted by Gasteiger charge is -2.08. The second kappa shape index (κ2) is 4.99. The Hall–Kier alpha value is -1.91. The van der Waals surface area contributed by atoms with Gasteiger partial charge in [0.25, 0.3) is 0 Å². The van der Waals surface area contributed by atoms with Crippen molar-refractivity contribution in [1.82, 2.24) is 9.78 Å². The number of thiophene rings is 1. The van der Waals surface area contributed by atoms with Crippen LogP contribution in [0.5, 0.6) is 0 Å². The molecular formula is C15H15N3S. The van der Waals surface area contributed by atoms with Gasteiger partial charge in [-0.3, -0.25) is 0 Å². The van der Waals surface area contributed by atoms with Gasteiger partial charge in [-0.05, 0) is 36.1 Å². The van der Waals surface area contributed by atoms with E-state index >= 15 is 0 Å². The molecule has 0 unspecified atom stereocenters. The number of hydrogen-bond acceptors (Lipinski definition) is 3. The first-order valence-corrected chi connectivity index (χ1v) is 7.06. The zero-order valence-corrected chi connectivity index (χ0v) is 11.5. The van der Waals surface area contributed by atoms with Crippen molar-refractivity contribution in [3.63, 3.8) is 0 Å². The van der Waals surface area contributed by atoms with Gasteiger partial charge in [0.05, 0.1) is 22.0 Å². The maximum absolute atomic E-state index is 5.73. The predicted octanol–water partition coefficient (Wildman–Crippen LogP) is 3.37. The molecule has 2 N–H and O–H groups in total. The molecule has 0 saturated heterocycles. The monoisotopic (exact) mass is 269 g/mol. The molecule has 0 aliphatic rings. The van der Waals surface area contributed by atoms with Crippen LogP contribution >= 0.6 is 11.3 Å². The molecule has 0 aliphatic heterocycles. The van der Waals surface area contributed by atoms with Crippen molar-refractivity contribution >= 4 is 11.3 Å². The van der Waals surface area contributed by atoms with Crippen LogP contribution in [0.1, 0.15) is 11.3 Å². The van der Waals surface area contributed by atoms with Crippen LogP contribution in [-0.2, 0) is 6.54 Å². The number of benzene rings is 1. The summed E-state index contributed by atoms with van der Waals surface area (Å²) in [6.45, 7) is 2.55. The molecule has 96 valence electrons. The Kier molecular flexibility index (Phi) is 3.19. The van der Waals surface area contributed by atoms with Gasteiger partial charge in [-0.25, -0.2) is 4.68 Å². The highest BCUT2D eigenvalue weighted by atomic mass is 32.1. The van der Waals surface area contributed by atoms with Gasteiger partial charge in [0.1, 0.15) is 0 Å². The zero-order chi connectivity index (χ0) is 13.2. The van der Waals surface area contributed by atoms with E-state index in [2.05, 4.69) is 47.7 Å². The molecule has 0 aliphatic carbocycles. The molecule has 0 fully saturated rings. The molecule has 0 radical (unpaired) electrons. The van der Waals surface area contributed by atoms with Crippen LogP contribution in [0.25, 0.3) is 16.3 Å². The smallest absolute Gasteiger partial charge is 0.0844 e. The average Bonchev–Trinajstić information content (AvgIpc) is 3.08. The normalized spacial score (nSPS) is 10.8. The summed E-state index contributed by atoms with van der Waals surface area (Å²) >= 11 is 1.71. The summed E-state index contributed by atoms with van der Waals surface area (Å²) in [4.78, 5) is 1.20. The Morgan fingerprint density at radius 3 is 2.74 bits per heavy atom. The van der Waals surface area contributed by atoms with Crippen LogP contribution in [0.15, 0.2) is 47.8 Å². The first-order chi connectivity index (χ1) is 9.29. The number of aryl methyl sites for hydroxylation is 1. The fourth-order valence-electron chi connectivity index (χ4n) is 2.11. The number of nitrogens with two attached hydrogens (primary N) is 1. The zero-order valence-electron chi connectivity index (χ0n) is 10.7. The number of para-hydroxylation sites is 1. The molecule has 19 heavy (non-hydrogen) atoms. The summed E-state index contributed by atoms with van der Waals surface area (Å²) in [5.74, 6) is 0. The van der Waals surface area contributed by atoms with Gasteiger partial charge in [0.15, 0.2) is 0 Å². The third-order valence-electron chi connectivity index (χ3n) is 3.09. The number of aromatic nitrogens is 2.